The average molecular weight is 291 g/mol. The molecule has 1 amide bonds. The number of aromatic nitrogens is 2. The van der Waals surface area contributed by atoms with E-state index < -0.39 is 5.97 Å². The lowest BCUT2D eigenvalue weighted by atomic mass is 10.3. The number of carboxylic acids is 1. The minimum atomic E-state index is -1.15. The van der Waals surface area contributed by atoms with E-state index in [0.29, 0.717) is 13.0 Å². The first kappa shape index (κ1) is 14.1. The fraction of sp³-hybridized carbons (Fsp3) is 0.231. The Morgan fingerprint density at radius 1 is 1.30 bits per heavy atom. The highest BCUT2D eigenvalue weighted by molar-refractivity contribution is 7.09. The molecule has 0 aliphatic carbocycles. The van der Waals surface area contributed by atoms with Crippen molar-refractivity contribution >= 4 is 23.2 Å². The molecule has 2 rings (SSSR count). The summed E-state index contributed by atoms with van der Waals surface area (Å²) in [6, 6.07) is 4.32. The largest absolute Gasteiger partial charge is 0.477 e. The molecule has 104 valence electrons. The Morgan fingerprint density at radius 2 is 2.05 bits per heavy atom. The van der Waals surface area contributed by atoms with Crippen molar-refractivity contribution in [2.45, 2.75) is 13.3 Å². The molecular formula is C13H13N3O3S. The number of carbonyl (C=O) groups excluding carboxylic acids is 1. The summed E-state index contributed by atoms with van der Waals surface area (Å²) < 4.78 is 0. The summed E-state index contributed by atoms with van der Waals surface area (Å²) in [5, 5.41) is 14.4. The highest BCUT2D eigenvalue weighted by Gasteiger charge is 2.11. The zero-order valence-corrected chi connectivity index (χ0v) is 11.6. The van der Waals surface area contributed by atoms with E-state index in [9.17, 15) is 9.59 Å². The van der Waals surface area contributed by atoms with Gasteiger partial charge in [0, 0.05) is 24.0 Å². The number of pyridine rings is 1. The minimum Gasteiger partial charge on any atom is -0.477 e. The molecule has 0 bridgehead atoms. The Labute approximate surface area is 119 Å². The van der Waals surface area contributed by atoms with E-state index in [4.69, 9.17) is 5.11 Å². The maximum Gasteiger partial charge on any atom is 0.354 e. The van der Waals surface area contributed by atoms with Crippen LogP contribution in [0.3, 0.4) is 0 Å². The number of nitrogens with one attached hydrogen (secondary N) is 1. The fourth-order valence-corrected chi connectivity index (χ4v) is 2.35. The highest BCUT2D eigenvalue weighted by Crippen LogP contribution is 2.08. The fourth-order valence-electron chi connectivity index (χ4n) is 1.57. The van der Waals surface area contributed by atoms with Crippen LogP contribution in [0.15, 0.2) is 23.6 Å². The zero-order valence-electron chi connectivity index (χ0n) is 10.8. The molecule has 2 N–H and O–H groups in total. The van der Waals surface area contributed by atoms with Crippen molar-refractivity contribution in [1.82, 2.24) is 15.3 Å². The van der Waals surface area contributed by atoms with Crippen LogP contribution in [-0.4, -0.2) is 33.5 Å². The number of aromatic carboxylic acids is 1. The lowest BCUT2D eigenvalue weighted by molar-refractivity contribution is 0.0690. The van der Waals surface area contributed by atoms with Crippen LogP contribution in [-0.2, 0) is 6.42 Å². The summed E-state index contributed by atoms with van der Waals surface area (Å²) in [6.45, 7) is 2.35. The lowest BCUT2D eigenvalue weighted by Gasteiger charge is -2.04. The number of amides is 1. The van der Waals surface area contributed by atoms with Crippen LogP contribution in [0.5, 0.6) is 0 Å². The second-order valence-electron chi connectivity index (χ2n) is 4.10. The number of thiazole rings is 1. The van der Waals surface area contributed by atoms with E-state index in [0.717, 1.165) is 10.7 Å². The Kier molecular flexibility index (Phi) is 4.41. The second-order valence-corrected chi connectivity index (χ2v) is 5.04. The van der Waals surface area contributed by atoms with Crippen LogP contribution in [0.4, 0.5) is 0 Å². The third-order valence-corrected chi connectivity index (χ3v) is 3.52. The molecule has 0 saturated heterocycles. The molecule has 0 aromatic carbocycles. The van der Waals surface area contributed by atoms with Gasteiger partial charge in [0.2, 0.25) is 0 Å². The number of carbonyl (C=O) groups is 2. The van der Waals surface area contributed by atoms with Crippen molar-refractivity contribution in [3.63, 3.8) is 0 Å². The molecule has 2 aromatic heterocycles. The smallest absolute Gasteiger partial charge is 0.354 e. The van der Waals surface area contributed by atoms with E-state index in [1.54, 1.807) is 11.3 Å². The Balaban J connectivity index is 1.91. The molecule has 6 nitrogen and oxygen atoms in total. The van der Waals surface area contributed by atoms with Crippen molar-refractivity contribution in [3.8, 4) is 0 Å². The van der Waals surface area contributed by atoms with Gasteiger partial charge in [0.05, 0.1) is 5.01 Å². The first-order valence-corrected chi connectivity index (χ1v) is 6.84. The van der Waals surface area contributed by atoms with Crippen LogP contribution in [0, 0.1) is 6.92 Å². The van der Waals surface area contributed by atoms with Gasteiger partial charge in [0.25, 0.3) is 5.91 Å². The third kappa shape index (κ3) is 3.61. The molecule has 0 saturated carbocycles. The van der Waals surface area contributed by atoms with Crippen molar-refractivity contribution in [1.29, 1.82) is 0 Å². The number of aryl methyl sites for hydroxylation is 1. The SMILES string of the molecule is Cc1csc(CCNC(=O)c2cccc(C(=O)O)n2)n1. The van der Waals surface area contributed by atoms with Gasteiger partial charge < -0.3 is 10.4 Å². The van der Waals surface area contributed by atoms with Crippen molar-refractivity contribution in [2.24, 2.45) is 0 Å². The summed E-state index contributed by atoms with van der Waals surface area (Å²) in [6.07, 6.45) is 0.642. The molecule has 7 heteroatoms. The number of rotatable bonds is 5. The zero-order chi connectivity index (χ0) is 14.5. The Morgan fingerprint density at radius 3 is 2.70 bits per heavy atom. The maximum absolute atomic E-state index is 11.8. The summed E-state index contributed by atoms with van der Waals surface area (Å²) in [4.78, 5) is 30.7. The normalized spacial score (nSPS) is 10.2. The molecule has 0 fully saturated rings. The summed E-state index contributed by atoms with van der Waals surface area (Å²) in [5.41, 5.74) is 0.917. The molecule has 0 radical (unpaired) electrons. The topological polar surface area (TPSA) is 92.2 Å². The minimum absolute atomic E-state index is 0.0974. The van der Waals surface area contributed by atoms with Crippen molar-refractivity contribution in [3.05, 3.63) is 45.7 Å². The van der Waals surface area contributed by atoms with Gasteiger partial charge in [-0.15, -0.1) is 11.3 Å². The quantitative estimate of drug-likeness (QED) is 0.871. The molecule has 2 aromatic rings. The average Bonchev–Trinajstić information content (AvgIpc) is 2.84. The number of hydrogen-bond acceptors (Lipinski definition) is 5. The Hall–Kier alpha value is -2.28. The van der Waals surface area contributed by atoms with Crippen molar-refractivity contribution in [2.75, 3.05) is 6.54 Å². The van der Waals surface area contributed by atoms with Gasteiger partial charge in [-0.05, 0) is 19.1 Å². The summed E-state index contributed by atoms with van der Waals surface area (Å²) >= 11 is 1.55. The van der Waals surface area contributed by atoms with Gasteiger partial charge >= 0.3 is 5.97 Å². The standard InChI is InChI=1S/C13H13N3O3S/c1-8-7-20-11(15-8)5-6-14-12(17)9-3-2-4-10(16-9)13(18)19/h2-4,7H,5-6H2,1H3,(H,14,17)(H,18,19). The van der Waals surface area contributed by atoms with Gasteiger partial charge in [-0.2, -0.15) is 0 Å². The van der Waals surface area contributed by atoms with Gasteiger partial charge in [-0.3, -0.25) is 4.79 Å². The van der Waals surface area contributed by atoms with Crippen LogP contribution in [0.2, 0.25) is 0 Å². The predicted octanol–water partition coefficient (Wildman–Crippen LogP) is 1.52. The van der Waals surface area contributed by atoms with Gasteiger partial charge in [0.1, 0.15) is 11.4 Å². The van der Waals surface area contributed by atoms with Crippen LogP contribution in [0.25, 0.3) is 0 Å². The van der Waals surface area contributed by atoms with Gasteiger partial charge in [-0.1, -0.05) is 6.07 Å². The van der Waals surface area contributed by atoms with E-state index in [1.165, 1.54) is 18.2 Å². The molecule has 0 unspecified atom stereocenters. The number of carboxylic acid groups (broad SMARTS) is 1. The van der Waals surface area contributed by atoms with E-state index in [-0.39, 0.29) is 17.3 Å². The molecule has 0 aliphatic heterocycles. The maximum atomic E-state index is 11.8. The molecule has 0 atom stereocenters. The second kappa shape index (κ2) is 6.25. The van der Waals surface area contributed by atoms with Gasteiger partial charge in [-0.25, -0.2) is 14.8 Å². The molecule has 0 aliphatic rings. The van der Waals surface area contributed by atoms with Crippen LogP contribution in [0.1, 0.15) is 31.7 Å². The van der Waals surface area contributed by atoms with Crippen molar-refractivity contribution < 1.29 is 14.7 Å². The molecule has 0 spiro atoms. The predicted molar refractivity (Wildman–Crippen MR) is 74.1 cm³/mol. The first-order chi connectivity index (χ1) is 9.56. The van der Waals surface area contributed by atoms with E-state index >= 15 is 0 Å². The lowest BCUT2D eigenvalue weighted by Crippen LogP contribution is -2.27. The van der Waals surface area contributed by atoms with E-state index in [1.807, 2.05) is 12.3 Å². The summed E-state index contributed by atoms with van der Waals surface area (Å²) in [7, 11) is 0. The van der Waals surface area contributed by atoms with E-state index in [2.05, 4.69) is 15.3 Å². The third-order valence-electron chi connectivity index (χ3n) is 2.49. The highest BCUT2D eigenvalue weighted by atomic mass is 32.1. The number of hydrogen-bond donors (Lipinski definition) is 2. The molecule has 2 heterocycles. The molecule has 20 heavy (non-hydrogen) atoms. The monoisotopic (exact) mass is 291 g/mol. The Bertz CT molecular complexity index is 639. The van der Waals surface area contributed by atoms with Crippen LogP contribution >= 0.6 is 11.3 Å². The van der Waals surface area contributed by atoms with Gasteiger partial charge in [0.15, 0.2) is 0 Å². The summed E-state index contributed by atoms with van der Waals surface area (Å²) in [5.74, 6) is -1.54. The number of nitrogens with zero attached hydrogens (tertiary/aromatic N) is 2. The van der Waals surface area contributed by atoms with Crippen LogP contribution < -0.4 is 5.32 Å². The molecular weight excluding hydrogens is 278 g/mol. The first-order valence-electron chi connectivity index (χ1n) is 5.96.